The van der Waals surface area contributed by atoms with Gasteiger partial charge in [-0.3, -0.25) is 4.79 Å². The largest absolute Gasteiger partial charge is 0.376 e. The maximum atomic E-state index is 12.3. The van der Waals surface area contributed by atoms with Gasteiger partial charge in [0.1, 0.15) is 5.54 Å². The molecule has 0 bridgehead atoms. The van der Waals surface area contributed by atoms with Gasteiger partial charge in [-0.25, -0.2) is 8.42 Å². The molecule has 1 aromatic rings. The lowest BCUT2D eigenvalue weighted by molar-refractivity contribution is -0.120. The lowest BCUT2D eigenvalue weighted by Crippen LogP contribution is -2.47. The Labute approximate surface area is 154 Å². The summed E-state index contributed by atoms with van der Waals surface area (Å²) >= 11 is 0. The van der Waals surface area contributed by atoms with Crippen molar-refractivity contribution >= 4 is 21.6 Å². The van der Waals surface area contributed by atoms with Crippen LogP contribution in [0.3, 0.4) is 0 Å². The fraction of sp³-hybridized carbons (Fsp3) is 0.444. The first-order valence-electron chi connectivity index (χ1n) is 8.46. The summed E-state index contributed by atoms with van der Waals surface area (Å²) in [4.78, 5) is 12.3. The van der Waals surface area contributed by atoms with Crippen LogP contribution in [-0.2, 0) is 14.8 Å². The quantitative estimate of drug-likeness (QED) is 0.674. The van der Waals surface area contributed by atoms with E-state index < -0.39 is 15.6 Å². The van der Waals surface area contributed by atoms with Gasteiger partial charge in [0.15, 0.2) is 0 Å². The molecule has 2 N–H and O–H groups in total. The van der Waals surface area contributed by atoms with Crippen molar-refractivity contribution in [2.75, 3.05) is 25.5 Å². The minimum Gasteiger partial charge on any atom is -0.376 e. The Morgan fingerprint density at radius 1 is 1.35 bits per heavy atom. The molecule has 0 radical (unpaired) electrons. The molecule has 0 unspecified atom stereocenters. The number of nitrogens with one attached hydrogen (secondary N) is 2. The molecule has 2 rings (SSSR count). The van der Waals surface area contributed by atoms with Gasteiger partial charge in [0.05, 0.1) is 17.5 Å². The molecular formula is C18H24N4O3S. The number of anilines is 1. The van der Waals surface area contributed by atoms with Crippen LogP contribution in [0.4, 0.5) is 5.69 Å². The van der Waals surface area contributed by atoms with Gasteiger partial charge >= 0.3 is 0 Å². The van der Waals surface area contributed by atoms with Crippen molar-refractivity contribution in [3.05, 3.63) is 36.9 Å². The SMILES string of the molecule is C=CCN(C)S(=O)(=O)c1ccc(NCC(=O)NC2(C#N)CCCC2)cc1. The number of nitriles is 1. The Hall–Kier alpha value is -2.37. The Balaban J connectivity index is 1.94. The molecule has 8 heteroatoms. The second-order valence-electron chi connectivity index (χ2n) is 6.40. The minimum atomic E-state index is -3.56. The van der Waals surface area contributed by atoms with Gasteiger partial charge in [0, 0.05) is 19.3 Å². The molecule has 0 aromatic heterocycles. The van der Waals surface area contributed by atoms with E-state index in [0.717, 1.165) is 12.8 Å². The van der Waals surface area contributed by atoms with Crippen LogP contribution in [0.5, 0.6) is 0 Å². The molecule has 0 saturated heterocycles. The Morgan fingerprint density at radius 2 is 1.96 bits per heavy atom. The van der Waals surface area contributed by atoms with Crippen LogP contribution < -0.4 is 10.6 Å². The molecule has 1 fully saturated rings. The third kappa shape index (κ3) is 4.62. The number of sulfonamides is 1. The number of likely N-dealkylation sites (N-methyl/N-ethyl adjacent to an activating group) is 1. The fourth-order valence-electron chi connectivity index (χ4n) is 2.94. The number of hydrogen-bond donors (Lipinski definition) is 2. The zero-order valence-corrected chi connectivity index (χ0v) is 15.7. The smallest absolute Gasteiger partial charge is 0.243 e. The maximum Gasteiger partial charge on any atom is 0.243 e. The summed E-state index contributed by atoms with van der Waals surface area (Å²) in [5, 5.41) is 15.0. The van der Waals surface area contributed by atoms with Crippen LogP contribution in [0.25, 0.3) is 0 Å². The predicted octanol–water partition coefficient (Wildman–Crippen LogP) is 1.86. The van der Waals surface area contributed by atoms with Crippen molar-refractivity contribution in [3.8, 4) is 6.07 Å². The molecular weight excluding hydrogens is 352 g/mol. The van der Waals surface area contributed by atoms with Crippen molar-refractivity contribution in [2.24, 2.45) is 0 Å². The van der Waals surface area contributed by atoms with E-state index in [4.69, 9.17) is 0 Å². The summed E-state index contributed by atoms with van der Waals surface area (Å²) in [6.07, 6.45) is 4.76. The van der Waals surface area contributed by atoms with E-state index in [1.807, 2.05) is 0 Å². The Bertz CT molecular complexity index is 791. The summed E-state index contributed by atoms with van der Waals surface area (Å²) in [6, 6.07) is 8.41. The summed E-state index contributed by atoms with van der Waals surface area (Å²) in [5.74, 6) is -0.254. The Morgan fingerprint density at radius 3 is 2.50 bits per heavy atom. The molecule has 140 valence electrons. The molecule has 1 saturated carbocycles. The van der Waals surface area contributed by atoms with Gasteiger partial charge in [0.25, 0.3) is 0 Å². The van der Waals surface area contributed by atoms with Gasteiger partial charge in [-0.2, -0.15) is 9.57 Å². The van der Waals surface area contributed by atoms with E-state index in [2.05, 4.69) is 23.3 Å². The molecule has 26 heavy (non-hydrogen) atoms. The topological polar surface area (TPSA) is 102 Å². The van der Waals surface area contributed by atoms with E-state index >= 15 is 0 Å². The van der Waals surface area contributed by atoms with Crippen molar-refractivity contribution in [3.63, 3.8) is 0 Å². The number of rotatable bonds is 8. The highest BCUT2D eigenvalue weighted by atomic mass is 32.2. The van der Waals surface area contributed by atoms with E-state index in [0.29, 0.717) is 18.5 Å². The standard InChI is InChI=1S/C18H24N4O3S/c1-3-12-22(2)26(24,25)16-8-6-15(7-9-16)20-13-17(23)21-18(14-19)10-4-5-11-18/h3,6-9,20H,1,4-5,10-13H2,2H3,(H,21,23). The van der Waals surface area contributed by atoms with Gasteiger partial charge in [-0.15, -0.1) is 6.58 Å². The van der Waals surface area contributed by atoms with Crippen molar-refractivity contribution < 1.29 is 13.2 Å². The summed E-state index contributed by atoms with van der Waals surface area (Å²) in [5.41, 5.74) is -0.116. The lowest BCUT2D eigenvalue weighted by atomic mass is 10.00. The monoisotopic (exact) mass is 376 g/mol. The second kappa shape index (κ2) is 8.34. The molecule has 1 aromatic carbocycles. The molecule has 7 nitrogen and oxygen atoms in total. The van der Waals surface area contributed by atoms with Gasteiger partial charge < -0.3 is 10.6 Å². The first-order chi connectivity index (χ1) is 12.3. The average molecular weight is 376 g/mol. The predicted molar refractivity (Wildman–Crippen MR) is 99.9 cm³/mol. The normalized spacial score (nSPS) is 16.0. The molecule has 0 atom stereocenters. The Kier molecular flexibility index (Phi) is 6.40. The molecule has 0 heterocycles. The van der Waals surface area contributed by atoms with Gasteiger partial charge in [-0.05, 0) is 49.9 Å². The van der Waals surface area contributed by atoms with Crippen LogP contribution in [0.15, 0.2) is 41.8 Å². The van der Waals surface area contributed by atoms with Crippen LogP contribution >= 0.6 is 0 Å². The molecule has 1 amide bonds. The summed E-state index contributed by atoms with van der Waals surface area (Å²) in [7, 11) is -2.07. The van der Waals surface area contributed by atoms with Crippen LogP contribution in [-0.4, -0.2) is 44.3 Å². The van der Waals surface area contributed by atoms with Crippen molar-refractivity contribution in [1.82, 2.24) is 9.62 Å². The lowest BCUT2D eigenvalue weighted by Gasteiger charge is -2.22. The average Bonchev–Trinajstić information content (AvgIpc) is 3.09. The third-order valence-electron chi connectivity index (χ3n) is 4.45. The van der Waals surface area contributed by atoms with Crippen molar-refractivity contribution in [1.29, 1.82) is 5.26 Å². The van der Waals surface area contributed by atoms with Gasteiger partial charge in [-0.1, -0.05) is 6.08 Å². The molecule has 0 spiro atoms. The van der Waals surface area contributed by atoms with E-state index in [9.17, 15) is 18.5 Å². The first-order valence-corrected chi connectivity index (χ1v) is 9.90. The highest BCUT2D eigenvalue weighted by Crippen LogP contribution is 2.28. The van der Waals surface area contributed by atoms with E-state index in [1.54, 1.807) is 12.1 Å². The first kappa shape index (κ1) is 19.9. The van der Waals surface area contributed by atoms with E-state index in [1.165, 1.54) is 29.6 Å². The molecule has 0 aliphatic heterocycles. The van der Waals surface area contributed by atoms with Crippen LogP contribution in [0.2, 0.25) is 0 Å². The zero-order valence-electron chi connectivity index (χ0n) is 14.9. The van der Waals surface area contributed by atoms with Crippen LogP contribution in [0, 0.1) is 11.3 Å². The fourth-order valence-corrected chi connectivity index (χ4v) is 4.08. The maximum absolute atomic E-state index is 12.3. The van der Waals surface area contributed by atoms with Gasteiger partial charge in [0.2, 0.25) is 15.9 Å². The zero-order chi connectivity index (χ0) is 19.2. The minimum absolute atomic E-state index is 0.0197. The number of carbonyl (C=O) groups is 1. The number of nitrogens with zero attached hydrogens (tertiary/aromatic N) is 2. The summed E-state index contributed by atoms with van der Waals surface area (Å²) in [6.45, 7) is 3.78. The van der Waals surface area contributed by atoms with Crippen LogP contribution in [0.1, 0.15) is 25.7 Å². The highest BCUT2D eigenvalue weighted by Gasteiger charge is 2.35. The highest BCUT2D eigenvalue weighted by molar-refractivity contribution is 7.89. The second-order valence-corrected chi connectivity index (χ2v) is 8.45. The number of hydrogen-bond acceptors (Lipinski definition) is 5. The molecule has 1 aliphatic carbocycles. The molecule has 1 aliphatic rings. The summed E-state index contributed by atoms with van der Waals surface area (Å²) < 4.78 is 25.9. The third-order valence-corrected chi connectivity index (χ3v) is 6.29. The van der Waals surface area contributed by atoms with Crippen molar-refractivity contribution in [2.45, 2.75) is 36.1 Å². The van der Waals surface area contributed by atoms with E-state index in [-0.39, 0.29) is 23.9 Å². The number of amides is 1. The number of carbonyl (C=O) groups excluding carboxylic acids is 1. The number of benzene rings is 1.